The van der Waals surface area contributed by atoms with Crippen molar-refractivity contribution in [3.63, 3.8) is 0 Å². The molecule has 5 rings (SSSR count). The molecular weight excluding hydrogens is 394 g/mol. The van der Waals surface area contributed by atoms with Gasteiger partial charge in [0.15, 0.2) is 6.61 Å². The number of rotatable bonds is 6. The van der Waals surface area contributed by atoms with E-state index < -0.39 is 41.8 Å². The Kier molecular flexibility index (Phi) is 5.51. The molecule has 0 spiro atoms. The van der Waals surface area contributed by atoms with E-state index in [1.165, 1.54) is 32.3 Å². The van der Waals surface area contributed by atoms with Crippen LogP contribution in [0, 0.1) is 34.8 Å². The number of anilines is 1. The van der Waals surface area contributed by atoms with Crippen LogP contribution in [-0.2, 0) is 19.1 Å². The summed E-state index contributed by atoms with van der Waals surface area (Å²) in [5.74, 6) is -1.78. The maximum absolute atomic E-state index is 13.6. The van der Waals surface area contributed by atoms with E-state index in [1.54, 1.807) is 0 Å². The number of carbonyl (C=O) groups is 3. The van der Waals surface area contributed by atoms with Crippen LogP contribution in [0.4, 0.5) is 14.5 Å². The van der Waals surface area contributed by atoms with Crippen LogP contribution in [0.3, 0.4) is 0 Å². The minimum atomic E-state index is -0.925. The largest absolute Gasteiger partial charge is 0.454 e. The molecule has 4 aliphatic carbocycles. The van der Waals surface area contributed by atoms with E-state index in [9.17, 15) is 23.2 Å². The second-order valence-electron chi connectivity index (χ2n) is 9.15. The molecule has 4 aliphatic rings. The summed E-state index contributed by atoms with van der Waals surface area (Å²) in [7, 11) is 0. The number of para-hydroxylation sites is 1. The van der Waals surface area contributed by atoms with Gasteiger partial charge in [0.2, 0.25) is 5.91 Å². The molecule has 4 bridgehead atoms. The van der Waals surface area contributed by atoms with E-state index in [4.69, 9.17) is 4.74 Å². The molecule has 0 unspecified atom stereocenters. The number of benzene rings is 1. The highest BCUT2D eigenvalue weighted by atomic mass is 19.1. The third kappa shape index (κ3) is 4.04. The lowest BCUT2D eigenvalue weighted by Crippen LogP contribution is -2.56. The molecule has 0 saturated heterocycles. The number of hydrogen-bond donors (Lipinski definition) is 2. The summed E-state index contributed by atoms with van der Waals surface area (Å²) in [6, 6.07) is 2.28. The molecular formula is C22H26F2N2O4. The lowest BCUT2D eigenvalue weighted by atomic mass is 9.49. The maximum Gasteiger partial charge on any atom is 0.328 e. The van der Waals surface area contributed by atoms with Crippen molar-refractivity contribution in [3.05, 3.63) is 29.8 Å². The topological polar surface area (TPSA) is 84.5 Å². The van der Waals surface area contributed by atoms with Gasteiger partial charge in [0.1, 0.15) is 23.4 Å². The third-order valence-corrected chi connectivity index (χ3v) is 6.79. The first-order chi connectivity index (χ1) is 14.3. The third-order valence-electron chi connectivity index (χ3n) is 6.79. The Morgan fingerprint density at radius 3 is 2.13 bits per heavy atom. The first kappa shape index (κ1) is 20.8. The quantitative estimate of drug-likeness (QED) is 0.693. The molecule has 4 saturated carbocycles. The Morgan fingerprint density at radius 1 is 1.07 bits per heavy atom. The highest BCUT2D eigenvalue weighted by molar-refractivity contribution is 5.94. The van der Waals surface area contributed by atoms with Gasteiger partial charge in [-0.1, -0.05) is 6.07 Å². The molecule has 4 fully saturated rings. The predicted molar refractivity (Wildman–Crippen MR) is 104 cm³/mol. The van der Waals surface area contributed by atoms with Crippen LogP contribution in [0.5, 0.6) is 0 Å². The molecule has 2 amide bonds. The van der Waals surface area contributed by atoms with E-state index in [2.05, 4.69) is 5.32 Å². The minimum Gasteiger partial charge on any atom is -0.454 e. The molecule has 1 atom stereocenters. The average molecular weight is 420 g/mol. The van der Waals surface area contributed by atoms with Crippen molar-refractivity contribution in [2.45, 2.75) is 51.5 Å². The van der Waals surface area contributed by atoms with Crippen LogP contribution >= 0.6 is 0 Å². The van der Waals surface area contributed by atoms with Crippen LogP contribution in [0.2, 0.25) is 0 Å². The van der Waals surface area contributed by atoms with Gasteiger partial charge in [-0.05, 0) is 75.3 Å². The fourth-order valence-electron chi connectivity index (χ4n) is 5.85. The zero-order chi connectivity index (χ0) is 21.5. The van der Waals surface area contributed by atoms with Crippen molar-refractivity contribution < 1.29 is 27.9 Å². The van der Waals surface area contributed by atoms with Gasteiger partial charge in [-0.15, -0.1) is 0 Å². The Morgan fingerprint density at radius 2 is 1.60 bits per heavy atom. The van der Waals surface area contributed by atoms with Crippen LogP contribution in [0.1, 0.15) is 45.4 Å². The monoisotopic (exact) mass is 420 g/mol. The molecule has 162 valence electrons. The summed E-state index contributed by atoms with van der Waals surface area (Å²) < 4.78 is 32.1. The minimum absolute atomic E-state index is 0.107. The predicted octanol–water partition coefficient (Wildman–Crippen LogP) is 3.17. The number of esters is 1. The van der Waals surface area contributed by atoms with Crippen LogP contribution in [0.25, 0.3) is 0 Å². The van der Waals surface area contributed by atoms with Gasteiger partial charge in [0.25, 0.3) is 5.91 Å². The molecule has 0 aliphatic heterocycles. The van der Waals surface area contributed by atoms with Crippen molar-refractivity contribution in [2.75, 3.05) is 11.9 Å². The van der Waals surface area contributed by atoms with Gasteiger partial charge in [-0.25, -0.2) is 13.6 Å². The zero-order valence-electron chi connectivity index (χ0n) is 16.9. The average Bonchev–Trinajstić information content (AvgIpc) is 2.68. The summed E-state index contributed by atoms with van der Waals surface area (Å²) in [4.78, 5) is 37.1. The van der Waals surface area contributed by atoms with E-state index >= 15 is 0 Å². The van der Waals surface area contributed by atoms with E-state index in [0.717, 1.165) is 31.4 Å². The number of carbonyl (C=O) groups excluding carboxylic acids is 3. The second-order valence-corrected chi connectivity index (χ2v) is 9.15. The molecule has 1 aromatic rings. The van der Waals surface area contributed by atoms with Gasteiger partial charge in [-0.3, -0.25) is 9.59 Å². The smallest absolute Gasteiger partial charge is 0.328 e. The SMILES string of the molecule is C[C@H](NC(=O)C12CC3CC(CC(C3)C1)C2)C(=O)OCC(=O)Nc1c(F)cccc1F. The maximum atomic E-state index is 13.6. The van der Waals surface area contributed by atoms with Gasteiger partial charge in [0.05, 0.1) is 0 Å². The van der Waals surface area contributed by atoms with Gasteiger partial charge >= 0.3 is 5.97 Å². The molecule has 0 aromatic heterocycles. The number of halogens is 2. The molecule has 1 aromatic carbocycles. The highest BCUT2D eigenvalue weighted by Gasteiger charge is 2.54. The summed E-state index contributed by atoms with van der Waals surface area (Å²) in [6.45, 7) is 0.805. The van der Waals surface area contributed by atoms with Gasteiger partial charge in [-0.2, -0.15) is 0 Å². The van der Waals surface area contributed by atoms with E-state index in [-0.39, 0.29) is 11.3 Å². The summed E-state index contributed by atoms with van der Waals surface area (Å²) in [6.07, 6.45) is 6.27. The van der Waals surface area contributed by atoms with Crippen molar-refractivity contribution in [3.8, 4) is 0 Å². The molecule has 2 N–H and O–H groups in total. The lowest BCUT2D eigenvalue weighted by Gasteiger charge is -2.55. The first-order valence-electron chi connectivity index (χ1n) is 10.5. The van der Waals surface area contributed by atoms with Gasteiger partial charge in [0, 0.05) is 5.41 Å². The standard InChI is InChI=1S/C22H26F2N2O4/c1-12(20(28)30-11-18(27)26-19-16(23)3-2-4-17(19)24)25-21(29)22-8-13-5-14(9-22)7-15(6-13)10-22/h2-4,12-15H,5-11H2,1H3,(H,25,29)(H,26,27)/t12-,13?,14?,15?,22?/m0/s1. The lowest BCUT2D eigenvalue weighted by molar-refractivity contribution is -0.154. The first-order valence-corrected chi connectivity index (χ1v) is 10.5. The second kappa shape index (κ2) is 7.96. The number of amides is 2. The van der Waals surface area contributed by atoms with Crippen LogP contribution in [-0.4, -0.2) is 30.4 Å². The van der Waals surface area contributed by atoms with Crippen molar-refractivity contribution in [2.24, 2.45) is 23.2 Å². The fourth-order valence-corrected chi connectivity index (χ4v) is 5.85. The van der Waals surface area contributed by atoms with Crippen molar-refractivity contribution in [1.29, 1.82) is 0 Å². The van der Waals surface area contributed by atoms with Crippen LogP contribution in [0.15, 0.2) is 18.2 Å². The summed E-state index contributed by atoms with van der Waals surface area (Å²) in [5, 5.41) is 4.81. The summed E-state index contributed by atoms with van der Waals surface area (Å²) in [5.41, 5.74) is -0.982. The number of ether oxygens (including phenoxy) is 1. The Hall–Kier alpha value is -2.51. The number of hydrogen-bond acceptors (Lipinski definition) is 4. The molecule has 30 heavy (non-hydrogen) atoms. The van der Waals surface area contributed by atoms with Gasteiger partial charge < -0.3 is 15.4 Å². The molecule has 0 radical (unpaired) electrons. The van der Waals surface area contributed by atoms with E-state index in [0.29, 0.717) is 17.8 Å². The van der Waals surface area contributed by atoms with Crippen molar-refractivity contribution in [1.82, 2.24) is 5.32 Å². The molecule has 6 nitrogen and oxygen atoms in total. The van der Waals surface area contributed by atoms with Crippen molar-refractivity contribution >= 4 is 23.5 Å². The normalized spacial score (nSPS) is 29.9. The van der Waals surface area contributed by atoms with E-state index in [1.807, 2.05) is 5.32 Å². The Balaban J connectivity index is 1.28. The summed E-state index contributed by atoms with van der Waals surface area (Å²) >= 11 is 0. The molecule has 0 heterocycles. The zero-order valence-corrected chi connectivity index (χ0v) is 16.9. The molecule has 8 heteroatoms. The van der Waals surface area contributed by atoms with Crippen LogP contribution < -0.4 is 10.6 Å². The Labute approximate surface area is 173 Å². The Bertz CT molecular complexity index is 817. The highest BCUT2D eigenvalue weighted by Crippen LogP contribution is 2.60. The fraction of sp³-hybridized carbons (Fsp3) is 0.591. The number of nitrogens with one attached hydrogen (secondary N) is 2.